The van der Waals surface area contributed by atoms with Gasteiger partial charge in [-0.05, 0) is 42.2 Å². The summed E-state index contributed by atoms with van der Waals surface area (Å²) in [6.07, 6.45) is -6.52. The number of aliphatic hydroxyl groups is 4. The van der Waals surface area contributed by atoms with E-state index in [9.17, 15) is 30.6 Å². The van der Waals surface area contributed by atoms with Crippen molar-refractivity contribution in [2.24, 2.45) is 0 Å². The van der Waals surface area contributed by atoms with Crippen molar-refractivity contribution in [2.45, 2.75) is 49.7 Å². The maximum absolute atomic E-state index is 10.5. The molecule has 1 fully saturated rings. The number of aromatic hydroxyl groups is 2. The Bertz CT molecular complexity index is 962. The average Bonchev–Trinajstić information content (AvgIpc) is 2.78. The van der Waals surface area contributed by atoms with Crippen LogP contribution in [0.1, 0.15) is 23.7 Å². The number of rotatable bonds is 5. The minimum Gasteiger partial charge on any atom is -0.508 e. The van der Waals surface area contributed by atoms with Crippen molar-refractivity contribution in [3.05, 3.63) is 41.5 Å². The van der Waals surface area contributed by atoms with E-state index >= 15 is 0 Å². The van der Waals surface area contributed by atoms with Gasteiger partial charge in [0.25, 0.3) is 0 Å². The molecule has 2 aliphatic heterocycles. The van der Waals surface area contributed by atoms with Gasteiger partial charge in [0.2, 0.25) is 12.0 Å². The third-order valence-electron chi connectivity index (χ3n) is 5.72. The van der Waals surface area contributed by atoms with Gasteiger partial charge < -0.3 is 49.6 Å². The lowest BCUT2D eigenvalue weighted by Gasteiger charge is -2.39. The SMILES string of the molecule is COc1c(O)cc([C@H]2CCc3ccc(O)cc3O2)cc1O[C@@H]1O[C@H](CO)[C@H](O)[C@H](O)[C@H]1O. The molecule has 6 atom stereocenters. The number of benzene rings is 2. The molecule has 4 rings (SSSR count). The Morgan fingerprint density at radius 2 is 1.81 bits per heavy atom. The van der Waals surface area contributed by atoms with Crippen LogP contribution in [0.2, 0.25) is 0 Å². The number of hydrogen-bond donors (Lipinski definition) is 6. The highest BCUT2D eigenvalue weighted by Crippen LogP contribution is 2.44. The second-order valence-corrected chi connectivity index (χ2v) is 7.82. The van der Waals surface area contributed by atoms with E-state index in [4.69, 9.17) is 18.9 Å². The van der Waals surface area contributed by atoms with E-state index in [-0.39, 0.29) is 23.0 Å². The summed E-state index contributed by atoms with van der Waals surface area (Å²) in [7, 11) is 1.32. The van der Waals surface area contributed by atoms with Gasteiger partial charge in [0.05, 0.1) is 13.7 Å². The van der Waals surface area contributed by atoms with Crippen molar-refractivity contribution >= 4 is 0 Å². The van der Waals surface area contributed by atoms with Crippen LogP contribution < -0.4 is 14.2 Å². The molecule has 10 nitrogen and oxygen atoms in total. The Morgan fingerprint density at radius 1 is 1.03 bits per heavy atom. The van der Waals surface area contributed by atoms with E-state index in [1.54, 1.807) is 18.2 Å². The van der Waals surface area contributed by atoms with Crippen LogP contribution in [-0.4, -0.2) is 75.1 Å². The Kier molecular flexibility index (Phi) is 6.31. The Morgan fingerprint density at radius 3 is 2.53 bits per heavy atom. The predicted molar refractivity (Wildman–Crippen MR) is 109 cm³/mol. The lowest BCUT2D eigenvalue weighted by Crippen LogP contribution is -2.60. The summed E-state index contributed by atoms with van der Waals surface area (Å²) in [4.78, 5) is 0. The summed E-state index contributed by atoms with van der Waals surface area (Å²) in [5.74, 6) is 0.355. The zero-order valence-electron chi connectivity index (χ0n) is 17.3. The smallest absolute Gasteiger partial charge is 0.229 e. The van der Waals surface area contributed by atoms with Gasteiger partial charge in [0.1, 0.15) is 42.0 Å². The molecule has 0 unspecified atom stereocenters. The lowest BCUT2D eigenvalue weighted by molar-refractivity contribution is -0.277. The van der Waals surface area contributed by atoms with E-state index in [0.29, 0.717) is 24.2 Å². The number of ether oxygens (including phenoxy) is 4. The molecule has 174 valence electrons. The fraction of sp³-hybridized carbons (Fsp3) is 0.455. The normalized spacial score (nSPS) is 29.7. The standard InChI is InChI=1S/C22H26O10/c1-29-21-13(25)6-11(14-5-3-10-2-4-12(24)8-15(10)30-14)7-16(21)31-22-20(28)19(27)18(26)17(9-23)32-22/h2,4,6-8,14,17-20,22-28H,3,5,9H2,1H3/t14-,17-,18+,19+,20-,22-/m1/s1. The summed E-state index contributed by atoms with van der Waals surface area (Å²) >= 11 is 0. The molecule has 0 aromatic heterocycles. The summed E-state index contributed by atoms with van der Waals surface area (Å²) in [6, 6.07) is 7.93. The molecule has 6 N–H and O–H groups in total. The molecule has 1 saturated heterocycles. The molecule has 2 aliphatic rings. The van der Waals surface area contributed by atoms with E-state index in [1.807, 2.05) is 0 Å². The number of hydrogen-bond acceptors (Lipinski definition) is 10. The molecule has 2 heterocycles. The van der Waals surface area contributed by atoms with Crippen LogP contribution in [0.4, 0.5) is 0 Å². The Labute approximate surface area is 183 Å². The fourth-order valence-corrected chi connectivity index (χ4v) is 3.97. The van der Waals surface area contributed by atoms with Gasteiger partial charge in [-0.2, -0.15) is 0 Å². The molecule has 0 spiro atoms. The van der Waals surface area contributed by atoms with Gasteiger partial charge >= 0.3 is 0 Å². The maximum atomic E-state index is 10.5. The van der Waals surface area contributed by atoms with Crippen molar-refractivity contribution in [1.82, 2.24) is 0 Å². The lowest BCUT2D eigenvalue weighted by atomic mass is 9.96. The van der Waals surface area contributed by atoms with E-state index in [0.717, 1.165) is 5.56 Å². The third kappa shape index (κ3) is 4.15. The van der Waals surface area contributed by atoms with Crippen LogP contribution in [0.5, 0.6) is 28.7 Å². The molecule has 0 radical (unpaired) electrons. The van der Waals surface area contributed by atoms with Crippen LogP contribution in [0.25, 0.3) is 0 Å². The first-order valence-electron chi connectivity index (χ1n) is 10.2. The molecule has 0 bridgehead atoms. The van der Waals surface area contributed by atoms with Crippen LogP contribution >= 0.6 is 0 Å². The number of methoxy groups -OCH3 is 1. The van der Waals surface area contributed by atoms with Gasteiger partial charge in [-0.1, -0.05) is 6.07 Å². The minimum atomic E-state index is -1.62. The number of phenols is 2. The molecule has 32 heavy (non-hydrogen) atoms. The molecule has 0 aliphatic carbocycles. The molecule has 10 heteroatoms. The summed E-state index contributed by atoms with van der Waals surface area (Å²) < 4.78 is 22.3. The number of aliphatic hydroxyl groups excluding tert-OH is 4. The first-order valence-corrected chi connectivity index (χ1v) is 10.2. The fourth-order valence-electron chi connectivity index (χ4n) is 3.97. The van der Waals surface area contributed by atoms with Crippen LogP contribution in [-0.2, 0) is 11.2 Å². The van der Waals surface area contributed by atoms with Crippen molar-refractivity contribution in [3.8, 4) is 28.7 Å². The van der Waals surface area contributed by atoms with Gasteiger partial charge in [-0.25, -0.2) is 0 Å². The molecular formula is C22H26O10. The van der Waals surface area contributed by atoms with Crippen LogP contribution in [0.15, 0.2) is 30.3 Å². The topological polar surface area (TPSA) is 158 Å². The zero-order chi connectivity index (χ0) is 23.0. The van der Waals surface area contributed by atoms with Crippen molar-refractivity contribution in [3.63, 3.8) is 0 Å². The van der Waals surface area contributed by atoms with Gasteiger partial charge in [-0.3, -0.25) is 0 Å². The van der Waals surface area contributed by atoms with Gasteiger partial charge in [0, 0.05) is 6.07 Å². The zero-order valence-corrected chi connectivity index (χ0v) is 17.3. The third-order valence-corrected chi connectivity index (χ3v) is 5.72. The number of fused-ring (bicyclic) bond motifs is 1. The van der Waals surface area contributed by atoms with Crippen molar-refractivity contribution in [1.29, 1.82) is 0 Å². The second kappa shape index (κ2) is 9.00. The number of phenolic OH excluding ortho intramolecular Hbond substituents is 2. The maximum Gasteiger partial charge on any atom is 0.229 e. The quantitative estimate of drug-likeness (QED) is 0.375. The molecule has 2 aromatic carbocycles. The van der Waals surface area contributed by atoms with E-state index in [1.165, 1.54) is 19.2 Å². The largest absolute Gasteiger partial charge is 0.508 e. The Balaban J connectivity index is 1.62. The molecular weight excluding hydrogens is 424 g/mol. The van der Waals surface area contributed by atoms with Crippen molar-refractivity contribution < 1.29 is 49.6 Å². The minimum absolute atomic E-state index is 0.0112. The summed E-state index contributed by atoms with van der Waals surface area (Å²) in [5.41, 5.74) is 1.51. The van der Waals surface area contributed by atoms with Gasteiger partial charge in [0.15, 0.2) is 11.5 Å². The molecule has 2 aromatic rings. The van der Waals surface area contributed by atoms with Crippen molar-refractivity contribution in [2.75, 3.05) is 13.7 Å². The van der Waals surface area contributed by atoms with Gasteiger partial charge in [-0.15, -0.1) is 0 Å². The molecule has 0 saturated carbocycles. The van der Waals surface area contributed by atoms with E-state index < -0.39 is 43.4 Å². The highest BCUT2D eigenvalue weighted by atomic mass is 16.7. The predicted octanol–water partition coefficient (Wildman–Crippen LogP) is 0.351. The highest BCUT2D eigenvalue weighted by Gasteiger charge is 2.45. The van der Waals surface area contributed by atoms with Crippen LogP contribution in [0, 0.1) is 0 Å². The van der Waals surface area contributed by atoms with E-state index in [2.05, 4.69) is 0 Å². The Hall–Kier alpha value is -2.76. The highest BCUT2D eigenvalue weighted by molar-refractivity contribution is 5.54. The number of aryl methyl sites for hydroxylation is 1. The first-order chi connectivity index (χ1) is 15.3. The second-order valence-electron chi connectivity index (χ2n) is 7.82. The molecule has 0 amide bonds. The average molecular weight is 450 g/mol. The first kappa shape index (κ1) is 22.4. The summed E-state index contributed by atoms with van der Waals surface area (Å²) in [6.45, 7) is -0.602. The summed E-state index contributed by atoms with van der Waals surface area (Å²) in [5, 5.41) is 59.8. The van der Waals surface area contributed by atoms with Crippen LogP contribution in [0.3, 0.4) is 0 Å². The monoisotopic (exact) mass is 450 g/mol.